The van der Waals surface area contributed by atoms with Gasteiger partial charge in [-0.15, -0.1) is 0 Å². The van der Waals surface area contributed by atoms with Gasteiger partial charge in [0.15, 0.2) is 5.69 Å². The maximum atomic E-state index is 10.8. The summed E-state index contributed by atoms with van der Waals surface area (Å²) in [4.78, 5) is 28.9. The van der Waals surface area contributed by atoms with Crippen molar-refractivity contribution in [2.75, 3.05) is 7.05 Å². The minimum absolute atomic E-state index is 0.0841. The Kier molecular flexibility index (Phi) is 3.55. The van der Waals surface area contributed by atoms with Crippen LogP contribution < -0.4 is 10.6 Å². The molecule has 0 aliphatic heterocycles. The monoisotopic (exact) mass is 210 g/mol. The molecule has 1 aromatic heterocycles. The molecule has 0 saturated heterocycles. The lowest BCUT2D eigenvalue weighted by Gasteiger charge is -2.03. The van der Waals surface area contributed by atoms with Crippen LogP contribution in [0.15, 0.2) is 12.3 Å². The Labute approximate surface area is 85.5 Å². The number of carboxylic acid groups (broad SMARTS) is 1. The molecule has 0 saturated carbocycles. The van der Waals surface area contributed by atoms with Crippen molar-refractivity contribution in [1.82, 2.24) is 20.6 Å². The van der Waals surface area contributed by atoms with E-state index in [9.17, 15) is 9.59 Å². The zero-order valence-corrected chi connectivity index (χ0v) is 8.02. The Hall–Kier alpha value is -2.18. The minimum Gasteiger partial charge on any atom is -0.477 e. The average Bonchev–Trinajstić information content (AvgIpc) is 2.26. The van der Waals surface area contributed by atoms with E-state index in [-0.39, 0.29) is 24.1 Å². The van der Waals surface area contributed by atoms with Crippen molar-refractivity contribution in [3.63, 3.8) is 0 Å². The quantitative estimate of drug-likeness (QED) is 0.629. The Morgan fingerprint density at radius 3 is 2.87 bits per heavy atom. The van der Waals surface area contributed by atoms with Gasteiger partial charge >= 0.3 is 12.0 Å². The van der Waals surface area contributed by atoms with Crippen molar-refractivity contribution in [1.29, 1.82) is 0 Å². The predicted molar refractivity (Wildman–Crippen MR) is 50.3 cm³/mol. The number of carbonyl (C=O) groups is 2. The third-order valence-electron chi connectivity index (χ3n) is 1.56. The second kappa shape index (κ2) is 4.89. The maximum Gasteiger partial charge on any atom is 0.354 e. The number of nitrogens with zero attached hydrogens (tertiary/aromatic N) is 2. The first-order valence-corrected chi connectivity index (χ1v) is 4.14. The predicted octanol–water partition coefficient (Wildman–Crippen LogP) is -0.396. The highest BCUT2D eigenvalue weighted by atomic mass is 16.4. The molecule has 1 aromatic rings. The number of aromatic nitrogens is 2. The molecule has 0 radical (unpaired) electrons. The smallest absolute Gasteiger partial charge is 0.354 e. The fraction of sp³-hybridized carbons (Fsp3) is 0.250. The molecule has 7 heteroatoms. The van der Waals surface area contributed by atoms with Crippen molar-refractivity contribution in [2.24, 2.45) is 0 Å². The highest BCUT2D eigenvalue weighted by Gasteiger charge is 2.06. The molecule has 15 heavy (non-hydrogen) atoms. The summed E-state index contributed by atoms with van der Waals surface area (Å²) in [7, 11) is 1.48. The lowest BCUT2D eigenvalue weighted by Crippen LogP contribution is -2.32. The van der Waals surface area contributed by atoms with Gasteiger partial charge < -0.3 is 15.7 Å². The molecular weight excluding hydrogens is 200 g/mol. The molecule has 0 bridgehead atoms. The molecule has 0 fully saturated rings. The van der Waals surface area contributed by atoms with Gasteiger partial charge in [-0.2, -0.15) is 0 Å². The van der Waals surface area contributed by atoms with E-state index < -0.39 is 5.97 Å². The van der Waals surface area contributed by atoms with Crippen LogP contribution in [0.1, 0.15) is 16.3 Å². The Balaban J connectivity index is 2.66. The van der Waals surface area contributed by atoms with E-state index in [0.29, 0.717) is 0 Å². The Morgan fingerprint density at radius 1 is 1.53 bits per heavy atom. The minimum atomic E-state index is -1.13. The van der Waals surface area contributed by atoms with E-state index >= 15 is 0 Å². The number of nitrogens with one attached hydrogen (secondary N) is 2. The average molecular weight is 210 g/mol. The number of urea groups is 1. The van der Waals surface area contributed by atoms with Crippen LogP contribution in [-0.4, -0.2) is 34.1 Å². The molecule has 0 spiro atoms. The van der Waals surface area contributed by atoms with Gasteiger partial charge in [-0.3, -0.25) is 0 Å². The SMILES string of the molecule is CNC(=O)NCc1nccc(C(=O)O)n1. The van der Waals surface area contributed by atoms with Gasteiger partial charge in [-0.05, 0) is 6.07 Å². The zero-order chi connectivity index (χ0) is 11.3. The second-order valence-electron chi connectivity index (χ2n) is 2.60. The van der Waals surface area contributed by atoms with Gasteiger partial charge in [0, 0.05) is 13.2 Å². The molecule has 1 heterocycles. The number of carboxylic acids is 1. The molecule has 0 aliphatic carbocycles. The summed E-state index contributed by atoms with van der Waals surface area (Å²) in [5.41, 5.74) is -0.0984. The van der Waals surface area contributed by atoms with E-state index in [2.05, 4.69) is 20.6 Å². The number of rotatable bonds is 3. The topological polar surface area (TPSA) is 104 Å². The highest BCUT2D eigenvalue weighted by molar-refractivity contribution is 5.85. The molecule has 1 rings (SSSR count). The summed E-state index contributed by atoms with van der Waals surface area (Å²) in [6.07, 6.45) is 1.33. The summed E-state index contributed by atoms with van der Waals surface area (Å²) >= 11 is 0. The van der Waals surface area contributed by atoms with Gasteiger partial charge in [-0.1, -0.05) is 0 Å². The van der Waals surface area contributed by atoms with Crippen molar-refractivity contribution in [3.8, 4) is 0 Å². The van der Waals surface area contributed by atoms with Crippen LogP contribution in [0.2, 0.25) is 0 Å². The first-order valence-electron chi connectivity index (χ1n) is 4.14. The molecular formula is C8H10N4O3. The van der Waals surface area contributed by atoms with Crippen molar-refractivity contribution in [2.45, 2.75) is 6.54 Å². The fourth-order valence-electron chi connectivity index (χ4n) is 0.851. The normalized spacial score (nSPS) is 9.40. The van der Waals surface area contributed by atoms with Crippen LogP contribution in [0.3, 0.4) is 0 Å². The number of carbonyl (C=O) groups excluding carboxylic acids is 1. The van der Waals surface area contributed by atoms with E-state index in [4.69, 9.17) is 5.11 Å². The molecule has 0 aliphatic rings. The summed E-state index contributed by atoms with van der Waals surface area (Å²) in [5.74, 6) is -0.878. The second-order valence-corrected chi connectivity index (χ2v) is 2.60. The molecule has 2 amide bonds. The third kappa shape index (κ3) is 3.22. The number of hydrogen-bond donors (Lipinski definition) is 3. The molecule has 3 N–H and O–H groups in total. The van der Waals surface area contributed by atoms with Crippen LogP contribution in [-0.2, 0) is 6.54 Å². The van der Waals surface area contributed by atoms with Crippen molar-refractivity contribution < 1.29 is 14.7 Å². The molecule has 7 nitrogen and oxygen atoms in total. The zero-order valence-electron chi connectivity index (χ0n) is 8.02. The van der Waals surface area contributed by atoms with Gasteiger partial charge in [0.1, 0.15) is 5.82 Å². The number of hydrogen-bond acceptors (Lipinski definition) is 4. The van der Waals surface area contributed by atoms with E-state index in [1.807, 2.05) is 0 Å². The largest absolute Gasteiger partial charge is 0.477 e. The highest BCUT2D eigenvalue weighted by Crippen LogP contribution is 1.95. The standard InChI is InChI=1S/C8H10N4O3/c1-9-8(15)11-4-6-10-3-2-5(12-6)7(13)14/h2-3H,4H2,1H3,(H,13,14)(H2,9,11,15). The van der Waals surface area contributed by atoms with Crippen LogP contribution >= 0.6 is 0 Å². The Morgan fingerprint density at radius 2 is 2.27 bits per heavy atom. The van der Waals surface area contributed by atoms with Crippen LogP contribution in [0.4, 0.5) is 4.79 Å². The van der Waals surface area contributed by atoms with E-state index in [0.717, 1.165) is 0 Å². The summed E-state index contributed by atoms with van der Waals surface area (Å²) in [5, 5.41) is 13.4. The van der Waals surface area contributed by atoms with Crippen LogP contribution in [0, 0.1) is 0 Å². The Bertz CT molecular complexity index is 380. The third-order valence-corrected chi connectivity index (χ3v) is 1.56. The fourth-order valence-corrected chi connectivity index (χ4v) is 0.851. The van der Waals surface area contributed by atoms with Gasteiger partial charge in [0.2, 0.25) is 0 Å². The van der Waals surface area contributed by atoms with Gasteiger partial charge in [-0.25, -0.2) is 19.6 Å². The van der Waals surface area contributed by atoms with Crippen molar-refractivity contribution in [3.05, 3.63) is 23.8 Å². The summed E-state index contributed by atoms with van der Waals surface area (Å²) < 4.78 is 0. The lowest BCUT2D eigenvalue weighted by molar-refractivity contribution is 0.0690. The first kappa shape index (κ1) is 10.9. The maximum absolute atomic E-state index is 10.8. The molecule has 0 aromatic carbocycles. The van der Waals surface area contributed by atoms with E-state index in [1.54, 1.807) is 0 Å². The number of aromatic carboxylic acids is 1. The summed E-state index contributed by atoms with van der Waals surface area (Å²) in [6.45, 7) is 0.0841. The molecule has 80 valence electrons. The van der Waals surface area contributed by atoms with Gasteiger partial charge in [0.25, 0.3) is 0 Å². The molecule has 0 atom stereocenters. The number of amides is 2. The lowest BCUT2D eigenvalue weighted by atomic mass is 10.4. The van der Waals surface area contributed by atoms with Crippen LogP contribution in [0.25, 0.3) is 0 Å². The molecule has 0 unspecified atom stereocenters. The van der Waals surface area contributed by atoms with Gasteiger partial charge in [0.05, 0.1) is 6.54 Å². The van der Waals surface area contributed by atoms with Crippen molar-refractivity contribution >= 4 is 12.0 Å². The van der Waals surface area contributed by atoms with E-state index in [1.165, 1.54) is 19.3 Å². The first-order chi connectivity index (χ1) is 7.13. The van der Waals surface area contributed by atoms with Crippen LogP contribution in [0.5, 0.6) is 0 Å². The summed E-state index contributed by atoms with van der Waals surface area (Å²) in [6, 6.07) is 0.908.